The molecule has 1 aliphatic rings. The quantitative estimate of drug-likeness (QED) is 0.193. The van der Waals surface area contributed by atoms with E-state index in [4.69, 9.17) is 4.98 Å². The maximum absolute atomic E-state index is 13.7. The molecule has 0 radical (unpaired) electrons. The Morgan fingerprint density at radius 3 is 2.44 bits per heavy atom. The van der Waals surface area contributed by atoms with E-state index in [1.54, 1.807) is 12.3 Å². The lowest BCUT2D eigenvalue weighted by Gasteiger charge is -2.34. The zero-order valence-electron chi connectivity index (χ0n) is 25.2. The van der Waals surface area contributed by atoms with Gasteiger partial charge >= 0.3 is 0 Å². The van der Waals surface area contributed by atoms with Crippen LogP contribution in [-0.2, 0) is 12.8 Å². The Bertz CT molecular complexity index is 1580. The normalized spacial score (nSPS) is 15.9. The molecule has 4 N–H and O–H groups in total. The number of amides is 1. The number of pyridine rings is 2. The van der Waals surface area contributed by atoms with Gasteiger partial charge in [-0.2, -0.15) is 0 Å². The van der Waals surface area contributed by atoms with Crippen LogP contribution in [0.3, 0.4) is 0 Å². The summed E-state index contributed by atoms with van der Waals surface area (Å²) in [5.74, 6) is 0.479. The van der Waals surface area contributed by atoms with E-state index in [1.807, 2.05) is 35.2 Å². The Kier molecular flexibility index (Phi) is 9.76. The molecule has 0 aliphatic heterocycles. The van der Waals surface area contributed by atoms with E-state index in [-0.39, 0.29) is 36.1 Å². The van der Waals surface area contributed by atoms with E-state index in [1.165, 1.54) is 23.0 Å². The Morgan fingerprint density at radius 1 is 1.07 bits per heavy atom. The molecule has 0 saturated carbocycles. The van der Waals surface area contributed by atoms with Crippen LogP contribution < -0.4 is 10.9 Å². The van der Waals surface area contributed by atoms with Gasteiger partial charge in [-0.3, -0.25) is 14.5 Å². The van der Waals surface area contributed by atoms with Gasteiger partial charge in [-0.1, -0.05) is 45.0 Å². The fourth-order valence-electron chi connectivity index (χ4n) is 5.95. The molecule has 5 rings (SSSR count). The number of aliphatic hydroxyl groups excluding tert-OH is 2. The van der Waals surface area contributed by atoms with E-state index < -0.39 is 0 Å². The number of aromatic amines is 1. The van der Waals surface area contributed by atoms with Crippen LogP contribution in [0.25, 0.3) is 21.3 Å². The fourth-order valence-corrected chi connectivity index (χ4v) is 6.89. The summed E-state index contributed by atoms with van der Waals surface area (Å²) >= 11 is 1.43. The molecule has 1 aromatic carbocycles. The number of aliphatic hydroxyl groups is 2. The molecule has 0 saturated heterocycles. The average Bonchev–Trinajstić information content (AvgIpc) is 3.41. The molecular formula is C34H42N4O4S. The van der Waals surface area contributed by atoms with Gasteiger partial charge in [0.25, 0.3) is 5.91 Å². The van der Waals surface area contributed by atoms with Gasteiger partial charge < -0.3 is 20.5 Å². The molecule has 0 bridgehead atoms. The number of benzene rings is 1. The Morgan fingerprint density at radius 2 is 1.79 bits per heavy atom. The summed E-state index contributed by atoms with van der Waals surface area (Å²) in [7, 11) is 0. The molecule has 2 atom stereocenters. The highest BCUT2D eigenvalue weighted by molar-refractivity contribution is 7.20. The smallest absolute Gasteiger partial charge is 0.261 e. The van der Waals surface area contributed by atoms with Crippen LogP contribution in [0.2, 0.25) is 0 Å². The first kappa shape index (κ1) is 31.1. The van der Waals surface area contributed by atoms with Crippen LogP contribution in [0.1, 0.15) is 66.1 Å². The van der Waals surface area contributed by atoms with Crippen molar-refractivity contribution in [3.8, 4) is 11.1 Å². The number of thiophene rings is 1. The first-order valence-corrected chi connectivity index (χ1v) is 15.9. The molecule has 1 aliphatic carbocycles. The predicted octanol–water partition coefficient (Wildman–Crippen LogP) is 4.95. The number of carbonyl (C=O) groups excluding carboxylic acids is 1. The van der Waals surface area contributed by atoms with Gasteiger partial charge in [-0.25, -0.2) is 4.98 Å². The number of fused-ring (bicyclic) bond motifs is 2. The summed E-state index contributed by atoms with van der Waals surface area (Å²) in [5, 5.41) is 23.2. The monoisotopic (exact) mass is 602 g/mol. The van der Waals surface area contributed by atoms with Crippen molar-refractivity contribution in [1.82, 2.24) is 20.2 Å². The van der Waals surface area contributed by atoms with E-state index in [0.717, 1.165) is 51.9 Å². The molecule has 3 heterocycles. The van der Waals surface area contributed by atoms with Gasteiger partial charge in [-0.05, 0) is 77.5 Å². The molecule has 0 spiro atoms. The lowest BCUT2D eigenvalue weighted by Crippen LogP contribution is -2.35. The Hall–Kier alpha value is -3.37. The second kappa shape index (κ2) is 13.5. The fraction of sp³-hybridized carbons (Fsp3) is 0.441. The van der Waals surface area contributed by atoms with Gasteiger partial charge in [0, 0.05) is 43.0 Å². The largest absolute Gasteiger partial charge is 0.395 e. The zero-order chi connectivity index (χ0) is 30.6. The summed E-state index contributed by atoms with van der Waals surface area (Å²) in [6.45, 7) is 8.43. The third-order valence-corrected chi connectivity index (χ3v) is 9.67. The second-order valence-electron chi connectivity index (χ2n) is 12.6. The standard InChI is InChI=1S/C34H42N4O4S/c1-34(2,3)27-9-10-28-25(19-27)18-26-20-30(43-33(26)37-28)32(42)36-29(12-13-38(14-16-39)15-17-40)23-6-4-22(5-7-23)24-8-11-31(41)35-21-24/h4-8,11,18,20-21,27,29,39-40H,9-10,12-17,19H2,1-3H3,(H,35,41)(H,36,42)/t27-,29?/m0/s1. The molecule has 0 fully saturated rings. The van der Waals surface area contributed by atoms with Crippen molar-refractivity contribution in [2.45, 2.75) is 52.5 Å². The minimum Gasteiger partial charge on any atom is -0.395 e. The second-order valence-corrected chi connectivity index (χ2v) is 13.6. The predicted molar refractivity (Wildman–Crippen MR) is 173 cm³/mol. The van der Waals surface area contributed by atoms with Crippen molar-refractivity contribution in [3.05, 3.63) is 86.8 Å². The summed E-state index contributed by atoms with van der Waals surface area (Å²) < 4.78 is 0. The molecule has 3 aromatic heterocycles. The van der Waals surface area contributed by atoms with Crippen molar-refractivity contribution in [2.24, 2.45) is 11.3 Å². The number of aromatic nitrogens is 2. The molecule has 1 unspecified atom stereocenters. The van der Waals surface area contributed by atoms with Gasteiger partial charge in [0.05, 0.1) is 24.1 Å². The lowest BCUT2D eigenvalue weighted by molar-refractivity contribution is 0.0931. The average molecular weight is 603 g/mol. The molecule has 9 heteroatoms. The van der Waals surface area contributed by atoms with Gasteiger partial charge in [0.2, 0.25) is 5.56 Å². The van der Waals surface area contributed by atoms with Crippen LogP contribution in [0.4, 0.5) is 0 Å². The number of nitrogens with zero attached hydrogens (tertiary/aromatic N) is 2. The Labute approximate surface area is 256 Å². The third kappa shape index (κ3) is 7.59. The maximum atomic E-state index is 13.7. The molecular weight excluding hydrogens is 560 g/mol. The van der Waals surface area contributed by atoms with Crippen LogP contribution in [0.5, 0.6) is 0 Å². The van der Waals surface area contributed by atoms with Gasteiger partial charge in [0.1, 0.15) is 4.83 Å². The number of nitrogens with one attached hydrogen (secondary N) is 2. The molecule has 228 valence electrons. The lowest BCUT2D eigenvalue weighted by atomic mass is 9.71. The highest BCUT2D eigenvalue weighted by Gasteiger charge is 2.30. The number of hydrogen-bond donors (Lipinski definition) is 4. The maximum Gasteiger partial charge on any atom is 0.261 e. The SMILES string of the molecule is CC(C)(C)[C@H]1CCc2nc3sc(C(=O)NC(CCN(CCO)CCO)c4ccc(-c5ccc(=O)[nH]c5)cc4)cc3cc2C1. The van der Waals surface area contributed by atoms with Crippen molar-refractivity contribution in [2.75, 3.05) is 32.8 Å². The Balaban J connectivity index is 1.37. The van der Waals surface area contributed by atoms with E-state index >= 15 is 0 Å². The topological polar surface area (TPSA) is 119 Å². The number of carbonyl (C=O) groups is 1. The minimum atomic E-state index is -0.282. The number of H-pyrrole nitrogens is 1. The summed E-state index contributed by atoms with van der Waals surface area (Å²) in [4.78, 5) is 36.4. The summed E-state index contributed by atoms with van der Waals surface area (Å²) in [6, 6.07) is 15.2. The van der Waals surface area contributed by atoms with Gasteiger partial charge in [-0.15, -0.1) is 11.3 Å². The van der Waals surface area contributed by atoms with E-state index in [2.05, 4.69) is 37.1 Å². The molecule has 4 aromatic rings. The number of rotatable bonds is 11. The van der Waals surface area contributed by atoms with Crippen LogP contribution in [0, 0.1) is 11.3 Å². The van der Waals surface area contributed by atoms with Crippen molar-refractivity contribution >= 4 is 27.5 Å². The zero-order valence-corrected chi connectivity index (χ0v) is 26.0. The van der Waals surface area contributed by atoms with Crippen LogP contribution in [-0.4, -0.2) is 63.8 Å². The molecule has 1 amide bonds. The van der Waals surface area contributed by atoms with Crippen molar-refractivity contribution < 1.29 is 15.0 Å². The highest BCUT2D eigenvalue weighted by Crippen LogP contribution is 2.38. The van der Waals surface area contributed by atoms with Crippen LogP contribution in [0.15, 0.2) is 59.5 Å². The molecule has 8 nitrogen and oxygen atoms in total. The molecule has 43 heavy (non-hydrogen) atoms. The summed E-state index contributed by atoms with van der Waals surface area (Å²) in [5.41, 5.74) is 5.38. The van der Waals surface area contributed by atoms with E-state index in [9.17, 15) is 19.8 Å². The minimum absolute atomic E-state index is 0.000149. The number of aryl methyl sites for hydroxylation is 1. The highest BCUT2D eigenvalue weighted by atomic mass is 32.1. The van der Waals surface area contributed by atoms with Crippen LogP contribution >= 0.6 is 11.3 Å². The van der Waals surface area contributed by atoms with E-state index in [0.29, 0.717) is 36.9 Å². The first-order valence-electron chi connectivity index (χ1n) is 15.1. The summed E-state index contributed by atoms with van der Waals surface area (Å²) in [6.07, 6.45) is 5.43. The van der Waals surface area contributed by atoms with Gasteiger partial charge in [0.15, 0.2) is 0 Å². The first-order chi connectivity index (χ1) is 20.6. The van der Waals surface area contributed by atoms with Crippen molar-refractivity contribution in [1.29, 1.82) is 0 Å². The number of hydrogen-bond acceptors (Lipinski definition) is 7. The third-order valence-electron chi connectivity index (χ3n) is 8.62. The van der Waals surface area contributed by atoms with Crippen molar-refractivity contribution in [3.63, 3.8) is 0 Å².